The number of hydrogen-bond acceptors (Lipinski definition) is 3. The fraction of sp³-hybridized carbons (Fsp3) is 0.562. The van der Waals surface area contributed by atoms with Crippen LogP contribution in [0.3, 0.4) is 0 Å². The lowest BCUT2D eigenvalue weighted by Gasteiger charge is -2.29. The lowest BCUT2D eigenvalue weighted by atomic mass is 10.0. The molecular formula is C16H24FN3O3S. The Labute approximate surface area is 142 Å². The minimum absolute atomic E-state index is 0.0636. The number of halogens is 1. The molecule has 1 amide bonds. The van der Waals surface area contributed by atoms with Crippen molar-refractivity contribution in [2.45, 2.75) is 26.2 Å². The molecular weight excluding hydrogens is 333 g/mol. The van der Waals surface area contributed by atoms with E-state index in [1.807, 2.05) is 6.92 Å². The lowest BCUT2D eigenvalue weighted by molar-refractivity contribution is -0.120. The van der Waals surface area contributed by atoms with Gasteiger partial charge < -0.3 is 5.32 Å². The number of carbonyl (C=O) groups excluding carboxylic acids is 1. The van der Waals surface area contributed by atoms with Crippen molar-refractivity contribution in [2.24, 2.45) is 5.92 Å². The van der Waals surface area contributed by atoms with E-state index in [4.69, 9.17) is 0 Å². The maximum absolute atomic E-state index is 13.0. The van der Waals surface area contributed by atoms with Gasteiger partial charge in [0.15, 0.2) is 0 Å². The van der Waals surface area contributed by atoms with Crippen molar-refractivity contribution < 1.29 is 17.6 Å². The molecule has 24 heavy (non-hydrogen) atoms. The highest BCUT2D eigenvalue weighted by atomic mass is 32.2. The first kappa shape index (κ1) is 18.8. The Morgan fingerprint density at radius 3 is 2.88 bits per heavy atom. The standard InChI is InChI=1S/C16H24FN3O3S/c1-13-4-3-9-20(12-13)24(22,23)19-8-7-18-16(21)11-14-5-2-6-15(17)10-14/h2,5-6,10,13,19H,3-4,7-9,11-12H2,1H3,(H,18,21). The van der Waals surface area contributed by atoms with E-state index in [2.05, 4.69) is 10.0 Å². The Kier molecular flexibility index (Phi) is 6.70. The summed E-state index contributed by atoms with van der Waals surface area (Å²) in [5.74, 6) is -0.295. The zero-order chi connectivity index (χ0) is 17.6. The van der Waals surface area contributed by atoms with Crippen molar-refractivity contribution in [2.75, 3.05) is 26.2 Å². The number of hydrogen-bond donors (Lipinski definition) is 2. The number of nitrogens with one attached hydrogen (secondary N) is 2. The Morgan fingerprint density at radius 1 is 1.38 bits per heavy atom. The van der Waals surface area contributed by atoms with Crippen LogP contribution in [0.15, 0.2) is 24.3 Å². The van der Waals surface area contributed by atoms with Gasteiger partial charge in [-0.1, -0.05) is 19.1 Å². The summed E-state index contributed by atoms with van der Waals surface area (Å²) in [6.07, 6.45) is 1.97. The quantitative estimate of drug-likeness (QED) is 0.716. The minimum Gasteiger partial charge on any atom is -0.354 e. The summed E-state index contributed by atoms with van der Waals surface area (Å²) < 4.78 is 41.3. The average molecular weight is 357 g/mol. The highest BCUT2D eigenvalue weighted by Crippen LogP contribution is 2.17. The van der Waals surface area contributed by atoms with E-state index in [9.17, 15) is 17.6 Å². The fourth-order valence-corrected chi connectivity index (χ4v) is 4.10. The van der Waals surface area contributed by atoms with E-state index in [0.717, 1.165) is 12.8 Å². The molecule has 1 unspecified atom stereocenters. The number of benzene rings is 1. The minimum atomic E-state index is -3.50. The van der Waals surface area contributed by atoms with E-state index < -0.39 is 10.2 Å². The van der Waals surface area contributed by atoms with E-state index in [1.54, 1.807) is 12.1 Å². The lowest BCUT2D eigenvalue weighted by Crippen LogP contribution is -2.47. The van der Waals surface area contributed by atoms with Crippen LogP contribution < -0.4 is 10.0 Å². The monoisotopic (exact) mass is 357 g/mol. The third-order valence-corrected chi connectivity index (χ3v) is 5.53. The predicted octanol–water partition coefficient (Wildman–Crippen LogP) is 1.05. The summed E-state index contributed by atoms with van der Waals surface area (Å²) in [5, 5.41) is 2.63. The van der Waals surface area contributed by atoms with Crippen molar-refractivity contribution in [1.82, 2.24) is 14.3 Å². The Bertz CT molecular complexity index is 666. The second-order valence-electron chi connectivity index (χ2n) is 6.16. The highest BCUT2D eigenvalue weighted by molar-refractivity contribution is 7.87. The molecule has 2 rings (SSSR count). The van der Waals surface area contributed by atoms with Crippen LogP contribution in [0.5, 0.6) is 0 Å². The Balaban J connectivity index is 1.71. The van der Waals surface area contributed by atoms with Crippen LogP contribution in [-0.2, 0) is 21.4 Å². The third kappa shape index (κ3) is 5.85. The number of nitrogens with zero attached hydrogens (tertiary/aromatic N) is 1. The van der Waals surface area contributed by atoms with Crippen LogP contribution in [0, 0.1) is 11.7 Å². The first-order valence-electron chi connectivity index (χ1n) is 8.13. The Hall–Kier alpha value is -1.51. The van der Waals surface area contributed by atoms with E-state index >= 15 is 0 Å². The van der Waals surface area contributed by atoms with Gasteiger partial charge in [0.25, 0.3) is 10.2 Å². The zero-order valence-corrected chi connectivity index (χ0v) is 14.6. The molecule has 134 valence electrons. The molecule has 2 N–H and O–H groups in total. The topological polar surface area (TPSA) is 78.5 Å². The van der Waals surface area contributed by atoms with E-state index in [1.165, 1.54) is 16.4 Å². The third-order valence-electron chi connectivity index (χ3n) is 3.95. The maximum Gasteiger partial charge on any atom is 0.279 e. The maximum atomic E-state index is 13.0. The molecule has 1 aliphatic rings. The molecule has 1 aromatic carbocycles. The molecule has 0 bridgehead atoms. The highest BCUT2D eigenvalue weighted by Gasteiger charge is 2.26. The molecule has 1 saturated heterocycles. The first-order chi connectivity index (χ1) is 11.4. The first-order valence-corrected chi connectivity index (χ1v) is 9.57. The van der Waals surface area contributed by atoms with Gasteiger partial charge in [0.1, 0.15) is 5.82 Å². The molecule has 1 heterocycles. The van der Waals surface area contributed by atoms with Crippen molar-refractivity contribution in [3.8, 4) is 0 Å². The van der Waals surface area contributed by atoms with Gasteiger partial charge in [0.2, 0.25) is 5.91 Å². The molecule has 1 aliphatic heterocycles. The van der Waals surface area contributed by atoms with Crippen molar-refractivity contribution >= 4 is 16.1 Å². The molecule has 1 fully saturated rings. The molecule has 6 nitrogen and oxygen atoms in total. The summed E-state index contributed by atoms with van der Waals surface area (Å²) in [4.78, 5) is 11.8. The fourth-order valence-electron chi connectivity index (χ4n) is 2.73. The van der Waals surface area contributed by atoms with Crippen LogP contribution >= 0.6 is 0 Å². The molecule has 1 aromatic rings. The van der Waals surface area contributed by atoms with Crippen LogP contribution in [0.25, 0.3) is 0 Å². The summed E-state index contributed by atoms with van der Waals surface area (Å²) in [7, 11) is -3.50. The van der Waals surface area contributed by atoms with Gasteiger partial charge in [-0.2, -0.15) is 12.7 Å². The van der Waals surface area contributed by atoms with Crippen LogP contribution in [-0.4, -0.2) is 44.8 Å². The SMILES string of the molecule is CC1CCCN(S(=O)(=O)NCCNC(=O)Cc2cccc(F)c2)C1. The molecule has 1 atom stereocenters. The van der Waals surface area contributed by atoms with Gasteiger partial charge in [0.05, 0.1) is 6.42 Å². The van der Waals surface area contributed by atoms with Gasteiger partial charge in [-0.25, -0.2) is 9.11 Å². The van der Waals surface area contributed by atoms with Crippen molar-refractivity contribution in [3.05, 3.63) is 35.6 Å². The molecule has 0 aromatic heterocycles. The molecule has 0 aliphatic carbocycles. The van der Waals surface area contributed by atoms with E-state index in [-0.39, 0.29) is 31.2 Å². The largest absolute Gasteiger partial charge is 0.354 e. The predicted molar refractivity (Wildman–Crippen MR) is 90.0 cm³/mol. The number of piperidine rings is 1. The smallest absolute Gasteiger partial charge is 0.279 e. The molecule has 0 saturated carbocycles. The second kappa shape index (κ2) is 8.55. The molecule has 8 heteroatoms. The normalized spacial score (nSPS) is 19.2. The summed E-state index contributed by atoms with van der Waals surface area (Å²) in [6.45, 7) is 3.42. The second-order valence-corrected chi connectivity index (χ2v) is 7.92. The molecule has 0 spiro atoms. The van der Waals surface area contributed by atoms with Gasteiger partial charge in [0, 0.05) is 26.2 Å². The van der Waals surface area contributed by atoms with Crippen molar-refractivity contribution in [3.63, 3.8) is 0 Å². The van der Waals surface area contributed by atoms with Gasteiger partial charge in [-0.05, 0) is 36.5 Å². The average Bonchev–Trinajstić information content (AvgIpc) is 2.52. The summed E-state index contributed by atoms with van der Waals surface area (Å²) >= 11 is 0. The summed E-state index contributed by atoms with van der Waals surface area (Å²) in [6, 6.07) is 5.84. The van der Waals surface area contributed by atoms with Crippen LogP contribution in [0.1, 0.15) is 25.3 Å². The van der Waals surface area contributed by atoms with E-state index in [0.29, 0.717) is 24.6 Å². The number of carbonyl (C=O) groups is 1. The number of amides is 1. The van der Waals surface area contributed by atoms with Gasteiger partial charge >= 0.3 is 0 Å². The van der Waals surface area contributed by atoms with Crippen LogP contribution in [0.2, 0.25) is 0 Å². The molecule has 0 radical (unpaired) electrons. The zero-order valence-electron chi connectivity index (χ0n) is 13.8. The number of rotatable bonds is 7. The van der Waals surface area contributed by atoms with Crippen LogP contribution in [0.4, 0.5) is 4.39 Å². The Morgan fingerprint density at radius 2 is 2.17 bits per heavy atom. The summed E-state index contributed by atoms with van der Waals surface area (Å²) in [5.41, 5.74) is 0.579. The van der Waals surface area contributed by atoms with Crippen molar-refractivity contribution in [1.29, 1.82) is 0 Å². The van der Waals surface area contributed by atoms with Gasteiger partial charge in [-0.3, -0.25) is 4.79 Å². The van der Waals surface area contributed by atoms with Gasteiger partial charge in [-0.15, -0.1) is 0 Å².